The fourth-order valence-corrected chi connectivity index (χ4v) is 6.26. The van der Waals surface area contributed by atoms with E-state index in [2.05, 4.69) is 26.0 Å². The van der Waals surface area contributed by atoms with E-state index in [1.165, 1.54) is 17.8 Å². The van der Waals surface area contributed by atoms with E-state index >= 15 is 0 Å². The van der Waals surface area contributed by atoms with Crippen LogP contribution in [0.4, 0.5) is 10.2 Å². The molecule has 0 bridgehead atoms. The summed E-state index contributed by atoms with van der Waals surface area (Å²) >= 11 is 0. The molecule has 2 aromatic heterocycles. The molecule has 238 valence electrons. The van der Waals surface area contributed by atoms with Gasteiger partial charge in [-0.1, -0.05) is 63.1 Å². The number of terminal acetylenes is 1. The number of anilines is 1. The van der Waals surface area contributed by atoms with Gasteiger partial charge < -0.3 is 24.8 Å². The van der Waals surface area contributed by atoms with Crippen molar-refractivity contribution in [3.8, 4) is 18.1 Å². The van der Waals surface area contributed by atoms with Gasteiger partial charge in [-0.3, -0.25) is 13.9 Å². The quantitative estimate of drug-likeness (QED) is 0.0981. The molecule has 2 aromatic carbocycles. The molecule has 4 N–H and O–H groups in total. The lowest BCUT2D eigenvalue weighted by Gasteiger charge is -2.30. The van der Waals surface area contributed by atoms with E-state index in [0.29, 0.717) is 5.39 Å². The van der Waals surface area contributed by atoms with Gasteiger partial charge in [0.1, 0.15) is 30.7 Å². The summed E-state index contributed by atoms with van der Waals surface area (Å²) in [4.78, 5) is 24.2. The Balaban J connectivity index is 1.41. The number of nitrogen functional groups attached to an aromatic ring is 1. The topological polar surface area (TPSA) is 173 Å². The third-order valence-electron chi connectivity index (χ3n) is 7.06. The highest BCUT2D eigenvalue weighted by Crippen LogP contribution is 2.49. The number of imidazole rings is 1. The summed E-state index contributed by atoms with van der Waals surface area (Å²) in [5.41, 5.74) is 3.80. The van der Waals surface area contributed by atoms with Gasteiger partial charge in [-0.15, -0.1) is 6.42 Å². The highest BCUT2D eigenvalue weighted by molar-refractivity contribution is 7.52. The number of benzene rings is 2. The number of aliphatic hydroxyl groups is 1. The number of aliphatic hydroxyl groups excluding tert-OH is 1. The standard InChI is InChI=1S/C30H34FN6O7P/c1-6-30(22(38)14-23(43-30)37-17-33-24-25(32)34-28(31)35-26(24)37)16-42-45(40,36-18(2)27(39)41-15-29(3,4)5)44-21-13-9-11-19-10-7-8-12-20(19)21/h1,7-13,17-18,22-23,38H,14-16H2,2-5H3,(H,36,40)(H2,32,34,35)/t18-,22-,23+,30+,45-/m0/s1. The zero-order valence-electron chi connectivity index (χ0n) is 25.1. The Kier molecular flexibility index (Phi) is 8.86. The molecule has 1 fully saturated rings. The second-order valence-corrected chi connectivity index (χ2v) is 13.6. The first-order chi connectivity index (χ1) is 21.2. The van der Waals surface area contributed by atoms with E-state index in [-0.39, 0.29) is 41.2 Å². The molecule has 0 saturated carbocycles. The smallest absolute Gasteiger partial charge is 0.459 e. The van der Waals surface area contributed by atoms with Gasteiger partial charge in [0, 0.05) is 11.8 Å². The minimum absolute atomic E-state index is 0.0279. The highest BCUT2D eigenvalue weighted by atomic mass is 31.2. The number of hydrogen-bond donors (Lipinski definition) is 3. The summed E-state index contributed by atoms with van der Waals surface area (Å²) in [6.45, 7) is 6.66. The summed E-state index contributed by atoms with van der Waals surface area (Å²) in [5, 5.41) is 15.2. The van der Waals surface area contributed by atoms with E-state index in [1.54, 1.807) is 24.3 Å². The van der Waals surface area contributed by atoms with Crippen LogP contribution in [0.1, 0.15) is 40.3 Å². The van der Waals surface area contributed by atoms with Crippen molar-refractivity contribution in [3.63, 3.8) is 0 Å². The Bertz CT molecular complexity index is 1820. The molecule has 3 heterocycles. The molecule has 45 heavy (non-hydrogen) atoms. The first kappa shape index (κ1) is 32.3. The number of fused-ring (bicyclic) bond motifs is 2. The lowest BCUT2D eigenvalue weighted by atomic mass is 9.99. The predicted molar refractivity (Wildman–Crippen MR) is 163 cm³/mol. The molecule has 1 aliphatic heterocycles. The van der Waals surface area contributed by atoms with Gasteiger partial charge in [-0.2, -0.15) is 19.4 Å². The summed E-state index contributed by atoms with van der Waals surface area (Å²) < 4.78 is 53.0. The number of carbonyl (C=O) groups is 1. The number of nitrogens with zero attached hydrogens (tertiary/aromatic N) is 4. The molecule has 5 rings (SSSR count). The van der Waals surface area contributed by atoms with Gasteiger partial charge in [0.05, 0.1) is 12.9 Å². The third kappa shape index (κ3) is 6.93. The van der Waals surface area contributed by atoms with Crippen LogP contribution in [0.2, 0.25) is 0 Å². The van der Waals surface area contributed by atoms with Crippen LogP contribution in [-0.2, 0) is 23.4 Å². The van der Waals surface area contributed by atoms with Gasteiger partial charge in [0.25, 0.3) is 0 Å². The molecule has 0 unspecified atom stereocenters. The van der Waals surface area contributed by atoms with Crippen molar-refractivity contribution in [2.24, 2.45) is 5.41 Å². The van der Waals surface area contributed by atoms with E-state index in [4.69, 9.17) is 30.7 Å². The number of halogens is 1. The minimum atomic E-state index is -4.43. The van der Waals surface area contributed by atoms with Crippen molar-refractivity contribution in [3.05, 3.63) is 54.9 Å². The Morgan fingerprint density at radius 1 is 1.31 bits per heavy atom. The van der Waals surface area contributed by atoms with Crippen molar-refractivity contribution in [1.82, 2.24) is 24.6 Å². The van der Waals surface area contributed by atoms with E-state index in [1.807, 2.05) is 39.0 Å². The van der Waals surface area contributed by atoms with Crippen LogP contribution in [0.5, 0.6) is 5.75 Å². The first-order valence-electron chi connectivity index (χ1n) is 14.1. The molecule has 0 amide bonds. The molecule has 0 radical (unpaired) electrons. The Morgan fingerprint density at radius 3 is 2.78 bits per heavy atom. The Morgan fingerprint density at radius 2 is 2.04 bits per heavy atom. The fraction of sp³-hybridized carbons (Fsp3) is 0.400. The van der Waals surface area contributed by atoms with E-state index < -0.39 is 50.4 Å². The molecular weight excluding hydrogens is 606 g/mol. The van der Waals surface area contributed by atoms with Gasteiger partial charge in [-0.25, -0.2) is 9.55 Å². The normalized spacial score (nSPS) is 22.2. The van der Waals surface area contributed by atoms with Gasteiger partial charge in [0.15, 0.2) is 22.6 Å². The van der Waals surface area contributed by atoms with Crippen molar-refractivity contribution in [1.29, 1.82) is 0 Å². The van der Waals surface area contributed by atoms with Crippen LogP contribution in [0.25, 0.3) is 21.9 Å². The van der Waals surface area contributed by atoms with Crippen LogP contribution in [-0.4, -0.2) is 61.6 Å². The maximum absolute atomic E-state index is 14.4. The van der Waals surface area contributed by atoms with Crippen molar-refractivity contribution < 1.29 is 37.4 Å². The summed E-state index contributed by atoms with van der Waals surface area (Å²) in [6, 6.07) is 11.3. The third-order valence-corrected chi connectivity index (χ3v) is 8.66. The van der Waals surface area contributed by atoms with E-state index in [0.717, 1.165) is 5.39 Å². The maximum atomic E-state index is 14.4. The largest absolute Gasteiger partial charge is 0.464 e. The lowest BCUT2D eigenvalue weighted by Crippen LogP contribution is -2.44. The fourth-order valence-electron chi connectivity index (χ4n) is 4.72. The van der Waals surface area contributed by atoms with Crippen LogP contribution in [0.3, 0.4) is 0 Å². The maximum Gasteiger partial charge on any atom is 0.459 e. The molecule has 0 aliphatic carbocycles. The molecule has 13 nitrogen and oxygen atoms in total. The summed E-state index contributed by atoms with van der Waals surface area (Å²) in [5.74, 6) is 1.77. The minimum Gasteiger partial charge on any atom is -0.464 e. The predicted octanol–water partition coefficient (Wildman–Crippen LogP) is 4.12. The molecule has 1 aliphatic rings. The molecule has 5 atom stereocenters. The second-order valence-electron chi connectivity index (χ2n) is 11.9. The molecule has 0 spiro atoms. The molecular formula is C30H34FN6O7P. The van der Waals surface area contributed by atoms with Gasteiger partial charge >= 0.3 is 19.8 Å². The van der Waals surface area contributed by atoms with E-state index in [9.17, 15) is 18.9 Å². The number of hydrogen-bond acceptors (Lipinski definition) is 11. The number of aromatic nitrogens is 4. The average Bonchev–Trinajstić information content (AvgIpc) is 3.55. The average molecular weight is 641 g/mol. The number of nitrogens with one attached hydrogen (secondary N) is 1. The van der Waals surface area contributed by atoms with Crippen LogP contribution >= 0.6 is 7.75 Å². The number of ether oxygens (including phenoxy) is 2. The van der Waals surface area contributed by atoms with Crippen LogP contribution < -0.4 is 15.3 Å². The zero-order chi connectivity index (χ0) is 32.6. The van der Waals surface area contributed by atoms with Crippen molar-refractivity contribution in [2.45, 2.75) is 58.1 Å². The SMILES string of the molecule is C#C[C@]1(CO[P@@](=O)(N[C@@H](C)C(=O)OCC(C)(C)C)Oc2cccc3ccccc23)O[C@@H](n2cnc3c(N)nc(F)nc32)C[C@@H]1O. The van der Waals surface area contributed by atoms with Crippen molar-refractivity contribution in [2.75, 3.05) is 18.9 Å². The Labute approximate surface area is 258 Å². The van der Waals surface area contributed by atoms with Crippen LogP contribution in [0.15, 0.2) is 48.8 Å². The number of nitrogens with two attached hydrogens (primary N) is 1. The Hall–Kier alpha value is -4.12. The second kappa shape index (κ2) is 12.3. The number of esters is 1. The highest BCUT2D eigenvalue weighted by Gasteiger charge is 2.50. The van der Waals surface area contributed by atoms with Crippen LogP contribution in [0, 0.1) is 23.8 Å². The monoisotopic (exact) mass is 640 g/mol. The van der Waals surface area contributed by atoms with Gasteiger partial charge in [0.2, 0.25) is 0 Å². The molecule has 4 aromatic rings. The molecule has 1 saturated heterocycles. The van der Waals surface area contributed by atoms with Crippen molar-refractivity contribution >= 4 is 41.5 Å². The summed E-state index contributed by atoms with van der Waals surface area (Å²) in [7, 11) is -4.43. The van der Waals surface area contributed by atoms with Gasteiger partial charge in [-0.05, 0) is 23.8 Å². The first-order valence-corrected chi connectivity index (χ1v) is 15.6. The molecule has 15 heteroatoms. The zero-order valence-corrected chi connectivity index (χ0v) is 26.0. The number of rotatable bonds is 10. The number of carbonyl (C=O) groups excluding carboxylic acids is 1. The summed E-state index contributed by atoms with van der Waals surface area (Å²) in [6.07, 6.45) is 3.69. The lowest BCUT2D eigenvalue weighted by molar-refractivity contribution is -0.148.